The molecule has 0 aliphatic heterocycles. The Morgan fingerprint density at radius 1 is 1.60 bits per heavy atom. The molecular formula is C12H20N2O. The van der Waals surface area contributed by atoms with Gasteiger partial charge in [-0.15, -0.1) is 0 Å². The van der Waals surface area contributed by atoms with Crippen molar-refractivity contribution in [2.75, 3.05) is 13.6 Å². The lowest BCUT2D eigenvalue weighted by Crippen LogP contribution is -2.38. The van der Waals surface area contributed by atoms with Crippen LogP contribution in [-0.4, -0.2) is 30.6 Å². The quantitative estimate of drug-likeness (QED) is 0.773. The number of hydrogen-bond donors (Lipinski definition) is 1. The lowest BCUT2D eigenvalue weighted by molar-refractivity contribution is 0.241. The van der Waals surface area contributed by atoms with Crippen LogP contribution in [0.4, 0.5) is 0 Å². The maximum Gasteiger partial charge on any atom is 0.0947 e. The van der Waals surface area contributed by atoms with E-state index in [0.29, 0.717) is 6.04 Å². The fourth-order valence-electron chi connectivity index (χ4n) is 1.80. The fourth-order valence-corrected chi connectivity index (χ4v) is 1.80. The Hall–Kier alpha value is -0.800. The van der Waals surface area contributed by atoms with Crippen molar-refractivity contribution < 1.29 is 4.42 Å². The van der Waals surface area contributed by atoms with Crippen LogP contribution in [0.5, 0.6) is 0 Å². The largest absolute Gasteiger partial charge is 0.472 e. The van der Waals surface area contributed by atoms with E-state index in [1.54, 1.807) is 12.5 Å². The molecule has 0 amide bonds. The highest BCUT2D eigenvalue weighted by Crippen LogP contribution is 2.26. The van der Waals surface area contributed by atoms with Crippen molar-refractivity contribution in [3.05, 3.63) is 24.2 Å². The Morgan fingerprint density at radius 3 is 3.00 bits per heavy atom. The minimum absolute atomic E-state index is 0.615. The van der Waals surface area contributed by atoms with Gasteiger partial charge in [0.2, 0.25) is 0 Å². The first-order chi connectivity index (χ1) is 7.27. The van der Waals surface area contributed by atoms with Crippen LogP contribution in [0.15, 0.2) is 23.0 Å². The van der Waals surface area contributed by atoms with Gasteiger partial charge < -0.3 is 9.73 Å². The number of nitrogens with zero attached hydrogens (tertiary/aromatic N) is 1. The lowest BCUT2D eigenvalue weighted by atomic mass is 10.2. The molecule has 3 heteroatoms. The molecule has 0 aromatic carbocycles. The Labute approximate surface area is 91.4 Å². The standard InChI is InChI=1S/C12H20N2O/c1-10(14(2)12-3-4-12)7-13-8-11-5-6-15-9-11/h5-6,9-10,12-13H,3-4,7-8H2,1-2H3. The second kappa shape index (κ2) is 4.81. The number of likely N-dealkylation sites (N-methyl/N-ethyl adjacent to an activating group) is 1. The van der Waals surface area contributed by atoms with E-state index in [9.17, 15) is 0 Å². The van der Waals surface area contributed by atoms with Crippen LogP contribution in [-0.2, 0) is 6.54 Å². The second-order valence-electron chi connectivity index (χ2n) is 4.51. The molecule has 1 N–H and O–H groups in total. The van der Waals surface area contributed by atoms with Gasteiger partial charge in [0.15, 0.2) is 0 Å². The molecule has 0 radical (unpaired) electrons. The third kappa shape index (κ3) is 3.08. The summed E-state index contributed by atoms with van der Waals surface area (Å²) in [6.45, 7) is 4.22. The van der Waals surface area contributed by atoms with Gasteiger partial charge in [0.05, 0.1) is 12.5 Å². The van der Waals surface area contributed by atoms with Gasteiger partial charge in [-0.1, -0.05) is 0 Å². The number of furan rings is 1. The Balaban J connectivity index is 1.64. The normalized spacial score (nSPS) is 18.3. The van der Waals surface area contributed by atoms with Crippen molar-refractivity contribution >= 4 is 0 Å². The third-order valence-electron chi connectivity index (χ3n) is 3.17. The second-order valence-corrected chi connectivity index (χ2v) is 4.51. The summed E-state index contributed by atoms with van der Waals surface area (Å²) in [7, 11) is 2.22. The number of hydrogen-bond acceptors (Lipinski definition) is 3. The molecule has 2 rings (SSSR count). The van der Waals surface area contributed by atoms with Crippen LogP contribution >= 0.6 is 0 Å². The summed E-state index contributed by atoms with van der Waals surface area (Å²) in [5.41, 5.74) is 1.22. The smallest absolute Gasteiger partial charge is 0.0947 e. The predicted octanol–water partition coefficient (Wildman–Crippen LogP) is 1.85. The molecule has 1 aromatic rings. The minimum atomic E-state index is 0.615. The lowest BCUT2D eigenvalue weighted by Gasteiger charge is -2.24. The first-order valence-electron chi connectivity index (χ1n) is 5.71. The summed E-state index contributed by atoms with van der Waals surface area (Å²) in [6.07, 6.45) is 6.27. The summed E-state index contributed by atoms with van der Waals surface area (Å²) >= 11 is 0. The molecule has 0 saturated heterocycles. The van der Waals surface area contributed by atoms with Crippen molar-refractivity contribution in [3.8, 4) is 0 Å². The van der Waals surface area contributed by atoms with Crippen molar-refractivity contribution in [1.29, 1.82) is 0 Å². The SMILES string of the molecule is CC(CNCc1ccoc1)N(C)C1CC1. The average molecular weight is 208 g/mol. The molecule has 0 bridgehead atoms. The summed E-state index contributed by atoms with van der Waals surface area (Å²) in [5, 5.41) is 3.45. The van der Waals surface area contributed by atoms with Gasteiger partial charge in [-0.05, 0) is 32.9 Å². The van der Waals surface area contributed by atoms with E-state index in [0.717, 1.165) is 19.1 Å². The van der Waals surface area contributed by atoms with Crippen LogP contribution in [0.2, 0.25) is 0 Å². The summed E-state index contributed by atoms with van der Waals surface area (Å²) in [5.74, 6) is 0. The van der Waals surface area contributed by atoms with E-state index in [1.807, 2.05) is 6.07 Å². The maximum atomic E-state index is 5.02. The highest BCUT2D eigenvalue weighted by atomic mass is 16.3. The zero-order valence-electron chi connectivity index (χ0n) is 9.57. The predicted molar refractivity (Wildman–Crippen MR) is 60.7 cm³/mol. The molecule has 1 aromatic heterocycles. The summed E-state index contributed by atoms with van der Waals surface area (Å²) in [6, 6.07) is 3.46. The Bertz CT molecular complexity index is 280. The number of rotatable bonds is 6. The molecule has 1 aliphatic carbocycles. The Kier molecular flexibility index (Phi) is 3.44. The molecule has 1 aliphatic rings. The van der Waals surface area contributed by atoms with Crippen molar-refractivity contribution in [1.82, 2.24) is 10.2 Å². The van der Waals surface area contributed by atoms with Crippen LogP contribution < -0.4 is 5.32 Å². The van der Waals surface area contributed by atoms with Gasteiger partial charge >= 0.3 is 0 Å². The van der Waals surface area contributed by atoms with Crippen molar-refractivity contribution in [3.63, 3.8) is 0 Å². The highest BCUT2D eigenvalue weighted by Gasteiger charge is 2.28. The fraction of sp³-hybridized carbons (Fsp3) is 0.667. The molecule has 1 heterocycles. The van der Waals surface area contributed by atoms with E-state index in [4.69, 9.17) is 4.42 Å². The monoisotopic (exact) mass is 208 g/mol. The van der Waals surface area contributed by atoms with E-state index in [-0.39, 0.29) is 0 Å². The van der Waals surface area contributed by atoms with E-state index in [2.05, 4.69) is 24.2 Å². The van der Waals surface area contributed by atoms with Crippen LogP contribution in [0, 0.1) is 0 Å². The maximum absolute atomic E-state index is 5.02. The van der Waals surface area contributed by atoms with Crippen molar-refractivity contribution in [2.24, 2.45) is 0 Å². The van der Waals surface area contributed by atoms with Gasteiger partial charge in [0.1, 0.15) is 0 Å². The zero-order chi connectivity index (χ0) is 10.7. The van der Waals surface area contributed by atoms with E-state index in [1.165, 1.54) is 18.4 Å². The third-order valence-corrected chi connectivity index (χ3v) is 3.17. The number of nitrogens with one attached hydrogen (secondary N) is 1. The molecule has 15 heavy (non-hydrogen) atoms. The first kappa shape index (κ1) is 10.7. The summed E-state index contributed by atoms with van der Waals surface area (Å²) < 4.78 is 5.02. The van der Waals surface area contributed by atoms with Gasteiger partial charge in [-0.2, -0.15) is 0 Å². The highest BCUT2D eigenvalue weighted by molar-refractivity contribution is 5.04. The topological polar surface area (TPSA) is 28.4 Å². The molecular weight excluding hydrogens is 188 g/mol. The van der Waals surface area contributed by atoms with Crippen LogP contribution in [0.25, 0.3) is 0 Å². The van der Waals surface area contributed by atoms with Crippen LogP contribution in [0.3, 0.4) is 0 Å². The van der Waals surface area contributed by atoms with Crippen molar-refractivity contribution in [2.45, 2.75) is 38.4 Å². The van der Waals surface area contributed by atoms with Gasteiger partial charge in [-0.25, -0.2) is 0 Å². The minimum Gasteiger partial charge on any atom is -0.472 e. The molecule has 1 fully saturated rings. The van der Waals surface area contributed by atoms with Crippen LogP contribution in [0.1, 0.15) is 25.3 Å². The molecule has 84 valence electrons. The van der Waals surface area contributed by atoms with Gasteiger partial charge in [-0.3, -0.25) is 4.90 Å². The van der Waals surface area contributed by atoms with E-state index < -0.39 is 0 Å². The zero-order valence-corrected chi connectivity index (χ0v) is 9.57. The first-order valence-corrected chi connectivity index (χ1v) is 5.71. The van der Waals surface area contributed by atoms with Gasteiger partial charge in [0, 0.05) is 30.7 Å². The van der Waals surface area contributed by atoms with E-state index >= 15 is 0 Å². The van der Waals surface area contributed by atoms with Gasteiger partial charge in [0.25, 0.3) is 0 Å². The summed E-state index contributed by atoms with van der Waals surface area (Å²) in [4.78, 5) is 2.47. The molecule has 1 unspecified atom stereocenters. The molecule has 1 atom stereocenters. The molecule has 0 spiro atoms. The average Bonchev–Trinajstić information content (AvgIpc) is 2.96. The molecule has 1 saturated carbocycles. The molecule has 3 nitrogen and oxygen atoms in total. The Morgan fingerprint density at radius 2 is 2.40 bits per heavy atom.